The van der Waals surface area contributed by atoms with Gasteiger partial charge in [0.1, 0.15) is 12.2 Å². The molecule has 1 aliphatic rings. The summed E-state index contributed by atoms with van der Waals surface area (Å²) < 4.78 is 10.4. The highest BCUT2D eigenvalue weighted by Gasteiger charge is 2.45. The zero-order valence-corrected chi connectivity index (χ0v) is 13.8. The number of alkyl carbamates (subject to hydrolysis) is 2. The smallest absolute Gasteiger partial charge is 0.408 e. The van der Waals surface area contributed by atoms with E-state index in [-0.39, 0.29) is 6.61 Å². The van der Waals surface area contributed by atoms with Gasteiger partial charge in [-0.3, -0.25) is 0 Å². The van der Waals surface area contributed by atoms with E-state index in [4.69, 9.17) is 9.47 Å². The summed E-state index contributed by atoms with van der Waals surface area (Å²) in [4.78, 5) is 23.5. The second-order valence-corrected chi connectivity index (χ2v) is 6.82. The van der Waals surface area contributed by atoms with E-state index in [0.29, 0.717) is 6.54 Å². The maximum atomic E-state index is 11.8. The van der Waals surface area contributed by atoms with Crippen molar-refractivity contribution in [3.63, 3.8) is 0 Å². The van der Waals surface area contributed by atoms with Crippen LogP contribution in [-0.2, 0) is 16.1 Å². The van der Waals surface area contributed by atoms with Gasteiger partial charge in [-0.2, -0.15) is 0 Å². The first kappa shape index (κ1) is 17.1. The maximum absolute atomic E-state index is 11.8. The number of carbonyl (C=O) groups excluding carboxylic acids is 2. The molecule has 0 heterocycles. The first-order valence-electron chi connectivity index (χ1n) is 7.74. The molecule has 0 aliphatic heterocycles. The minimum absolute atomic E-state index is 0.221. The Bertz CT molecular complexity index is 547. The number of nitrogens with one attached hydrogen (secondary N) is 2. The lowest BCUT2D eigenvalue weighted by atomic mass is 10.2. The molecule has 1 aromatic carbocycles. The molecule has 1 saturated carbocycles. The lowest BCUT2D eigenvalue weighted by Crippen LogP contribution is -2.47. The van der Waals surface area contributed by atoms with Crippen molar-refractivity contribution < 1.29 is 19.1 Å². The Hall–Kier alpha value is -2.24. The summed E-state index contributed by atoms with van der Waals surface area (Å²) in [6.07, 6.45) is 0.664. The van der Waals surface area contributed by atoms with Crippen molar-refractivity contribution in [2.75, 3.05) is 6.54 Å². The Morgan fingerprint density at radius 2 is 1.78 bits per heavy atom. The molecule has 6 nitrogen and oxygen atoms in total. The molecule has 0 atom stereocenters. The van der Waals surface area contributed by atoms with Gasteiger partial charge in [-0.25, -0.2) is 9.59 Å². The Morgan fingerprint density at radius 1 is 1.13 bits per heavy atom. The monoisotopic (exact) mass is 320 g/mol. The molecular formula is C17H24N2O4. The van der Waals surface area contributed by atoms with E-state index in [1.807, 2.05) is 51.1 Å². The van der Waals surface area contributed by atoms with Crippen LogP contribution >= 0.6 is 0 Å². The van der Waals surface area contributed by atoms with Gasteiger partial charge in [-0.1, -0.05) is 30.3 Å². The predicted octanol–water partition coefficient (Wildman–Crippen LogP) is 2.97. The van der Waals surface area contributed by atoms with Gasteiger partial charge in [-0.15, -0.1) is 0 Å². The van der Waals surface area contributed by atoms with E-state index in [1.165, 1.54) is 0 Å². The van der Waals surface area contributed by atoms with Crippen LogP contribution in [0, 0.1) is 0 Å². The van der Waals surface area contributed by atoms with E-state index < -0.39 is 23.3 Å². The molecule has 126 valence electrons. The van der Waals surface area contributed by atoms with Gasteiger partial charge in [-0.05, 0) is 39.2 Å². The SMILES string of the molecule is CC(C)(C)OC(=O)NC1(CNC(=O)OCc2ccccc2)CC1. The fraction of sp³-hybridized carbons (Fsp3) is 0.529. The standard InChI is InChI=1S/C17H24N2O4/c1-16(2,3)23-15(21)19-17(9-10-17)12-18-14(20)22-11-13-7-5-4-6-8-13/h4-8H,9-12H2,1-3H3,(H,18,20)(H,19,21). The predicted molar refractivity (Wildman–Crippen MR) is 86.0 cm³/mol. The summed E-state index contributed by atoms with van der Waals surface area (Å²) in [5.74, 6) is 0. The summed E-state index contributed by atoms with van der Waals surface area (Å²) in [5.41, 5.74) is -0.0216. The second-order valence-electron chi connectivity index (χ2n) is 6.82. The highest BCUT2D eigenvalue weighted by atomic mass is 16.6. The Labute approximate surface area is 136 Å². The number of amides is 2. The lowest BCUT2D eigenvalue weighted by molar-refractivity contribution is 0.0494. The molecule has 1 aromatic rings. The molecule has 23 heavy (non-hydrogen) atoms. The molecule has 1 fully saturated rings. The third-order valence-electron chi connectivity index (χ3n) is 3.40. The number of ether oxygens (including phenoxy) is 2. The first-order valence-corrected chi connectivity index (χ1v) is 7.74. The number of carbonyl (C=O) groups is 2. The molecule has 0 aromatic heterocycles. The minimum atomic E-state index is -0.539. The largest absolute Gasteiger partial charge is 0.445 e. The normalized spacial score (nSPS) is 15.4. The van der Waals surface area contributed by atoms with Gasteiger partial charge < -0.3 is 20.1 Å². The molecule has 0 bridgehead atoms. The number of hydrogen-bond donors (Lipinski definition) is 2. The molecule has 0 saturated heterocycles. The molecule has 2 amide bonds. The van der Waals surface area contributed by atoms with Crippen molar-refractivity contribution in [3.05, 3.63) is 35.9 Å². The average Bonchev–Trinajstić information content (AvgIpc) is 3.22. The Kier molecular flexibility index (Phi) is 5.13. The molecule has 0 radical (unpaired) electrons. The topological polar surface area (TPSA) is 76.7 Å². The fourth-order valence-corrected chi connectivity index (χ4v) is 2.03. The Morgan fingerprint density at radius 3 is 2.35 bits per heavy atom. The number of benzene rings is 1. The second kappa shape index (κ2) is 6.89. The van der Waals surface area contributed by atoms with Crippen molar-refractivity contribution in [2.24, 2.45) is 0 Å². The van der Waals surface area contributed by atoms with Gasteiger partial charge in [0, 0.05) is 6.54 Å². The zero-order valence-electron chi connectivity index (χ0n) is 13.8. The van der Waals surface area contributed by atoms with Crippen LogP contribution in [0.15, 0.2) is 30.3 Å². The minimum Gasteiger partial charge on any atom is -0.445 e. The van der Waals surface area contributed by atoms with E-state index in [1.54, 1.807) is 0 Å². The van der Waals surface area contributed by atoms with Gasteiger partial charge >= 0.3 is 12.2 Å². The fourth-order valence-electron chi connectivity index (χ4n) is 2.03. The van der Waals surface area contributed by atoms with Crippen LogP contribution in [0.3, 0.4) is 0 Å². The number of hydrogen-bond acceptors (Lipinski definition) is 4. The molecule has 0 unspecified atom stereocenters. The number of rotatable bonds is 5. The Balaban J connectivity index is 1.70. The summed E-state index contributed by atoms with van der Waals surface area (Å²) in [6.45, 7) is 5.99. The van der Waals surface area contributed by atoms with Crippen molar-refractivity contribution in [2.45, 2.75) is 51.4 Å². The first-order chi connectivity index (χ1) is 10.8. The molecule has 1 aliphatic carbocycles. The summed E-state index contributed by atoms with van der Waals surface area (Å²) in [5, 5.41) is 5.51. The molecule has 2 N–H and O–H groups in total. The van der Waals surface area contributed by atoms with Crippen molar-refractivity contribution in [3.8, 4) is 0 Å². The third-order valence-corrected chi connectivity index (χ3v) is 3.40. The molecule has 6 heteroatoms. The zero-order chi connectivity index (χ0) is 16.9. The highest BCUT2D eigenvalue weighted by Crippen LogP contribution is 2.34. The molecule has 0 spiro atoms. The quantitative estimate of drug-likeness (QED) is 0.874. The van der Waals surface area contributed by atoms with Crippen LogP contribution < -0.4 is 10.6 Å². The van der Waals surface area contributed by atoms with Gasteiger partial charge in [0.05, 0.1) is 5.54 Å². The van der Waals surface area contributed by atoms with Gasteiger partial charge in [0.25, 0.3) is 0 Å². The van der Waals surface area contributed by atoms with Crippen LogP contribution in [0.1, 0.15) is 39.2 Å². The lowest BCUT2D eigenvalue weighted by Gasteiger charge is -2.23. The molecular weight excluding hydrogens is 296 g/mol. The van der Waals surface area contributed by atoms with Crippen LogP contribution in [0.2, 0.25) is 0 Å². The van der Waals surface area contributed by atoms with Gasteiger partial charge in [0.15, 0.2) is 0 Å². The third kappa shape index (κ3) is 6.18. The van der Waals surface area contributed by atoms with Crippen LogP contribution in [0.25, 0.3) is 0 Å². The summed E-state index contributed by atoms with van der Waals surface area (Å²) >= 11 is 0. The average molecular weight is 320 g/mol. The summed E-state index contributed by atoms with van der Waals surface area (Å²) in [6, 6.07) is 9.46. The van der Waals surface area contributed by atoms with Crippen molar-refractivity contribution >= 4 is 12.2 Å². The molecule has 2 rings (SSSR count). The van der Waals surface area contributed by atoms with Crippen molar-refractivity contribution in [1.29, 1.82) is 0 Å². The van der Waals surface area contributed by atoms with E-state index >= 15 is 0 Å². The van der Waals surface area contributed by atoms with Gasteiger partial charge in [0.2, 0.25) is 0 Å². The van der Waals surface area contributed by atoms with E-state index in [0.717, 1.165) is 18.4 Å². The van der Waals surface area contributed by atoms with E-state index in [2.05, 4.69) is 10.6 Å². The van der Waals surface area contributed by atoms with E-state index in [9.17, 15) is 9.59 Å². The highest BCUT2D eigenvalue weighted by molar-refractivity contribution is 5.70. The van der Waals surface area contributed by atoms with Crippen molar-refractivity contribution in [1.82, 2.24) is 10.6 Å². The maximum Gasteiger partial charge on any atom is 0.408 e. The van der Waals surface area contributed by atoms with Crippen LogP contribution in [0.4, 0.5) is 9.59 Å². The van der Waals surface area contributed by atoms with Crippen LogP contribution in [0.5, 0.6) is 0 Å². The summed E-state index contributed by atoms with van der Waals surface area (Å²) in [7, 11) is 0. The van der Waals surface area contributed by atoms with Crippen LogP contribution in [-0.4, -0.2) is 29.9 Å².